The van der Waals surface area contributed by atoms with Gasteiger partial charge in [0.15, 0.2) is 6.04 Å². The minimum atomic E-state index is -1.33. The van der Waals surface area contributed by atoms with Crippen molar-refractivity contribution >= 4 is 18.2 Å². The number of aliphatic carboxylic acids is 1. The standard InChI is InChI=1S/C30H32N2O7/c1-30(2,3)39-28(35)31-16-19-9-8-10-20(15-19)37-18-26(27(33)34)32-29(36)38-17-25-23-13-6-4-11-21(23)22-12-5-7-14-24(22)25/h4-15,25-26H,16-18H2,1-3H3,(H,31,35)(H,32,36)(H,33,34)/t26-/m0/s1. The number of nitrogens with one attached hydrogen (secondary N) is 2. The van der Waals surface area contributed by atoms with E-state index in [4.69, 9.17) is 14.2 Å². The number of hydrogen-bond acceptors (Lipinski definition) is 6. The molecule has 39 heavy (non-hydrogen) atoms. The molecule has 1 atom stereocenters. The summed E-state index contributed by atoms with van der Waals surface area (Å²) in [5.74, 6) is -1.01. The van der Waals surface area contributed by atoms with Crippen molar-refractivity contribution in [2.45, 2.75) is 44.9 Å². The van der Waals surface area contributed by atoms with Crippen LogP contribution in [0, 0.1) is 0 Å². The first-order chi connectivity index (χ1) is 18.6. The number of alkyl carbamates (subject to hydrolysis) is 2. The normalized spacial score (nSPS) is 13.0. The summed E-state index contributed by atoms with van der Waals surface area (Å²) in [5.41, 5.74) is 4.44. The number of carboxylic acid groups (broad SMARTS) is 1. The molecule has 0 spiro atoms. The van der Waals surface area contributed by atoms with E-state index in [1.54, 1.807) is 45.0 Å². The summed E-state index contributed by atoms with van der Waals surface area (Å²) in [6, 6.07) is 21.4. The van der Waals surface area contributed by atoms with Crippen molar-refractivity contribution in [2.24, 2.45) is 0 Å². The van der Waals surface area contributed by atoms with Crippen LogP contribution in [0.1, 0.15) is 43.4 Å². The van der Waals surface area contributed by atoms with Crippen LogP contribution >= 0.6 is 0 Å². The first-order valence-corrected chi connectivity index (χ1v) is 12.6. The van der Waals surface area contributed by atoms with E-state index in [0.717, 1.165) is 27.8 Å². The summed E-state index contributed by atoms with van der Waals surface area (Å²) in [6.45, 7) is 5.28. The zero-order chi connectivity index (χ0) is 28.0. The van der Waals surface area contributed by atoms with Gasteiger partial charge in [-0.15, -0.1) is 0 Å². The van der Waals surface area contributed by atoms with Gasteiger partial charge in [0.25, 0.3) is 0 Å². The van der Waals surface area contributed by atoms with Gasteiger partial charge in [0.1, 0.15) is 24.6 Å². The van der Waals surface area contributed by atoms with Crippen LogP contribution in [0.4, 0.5) is 9.59 Å². The fourth-order valence-corrected chi connectivity index (χ4v) is 4.37. The van der Waals surface area contributed by atoms with Gasteiger partial charge in [0.2, 0.25) is 0 Å². The lowest BCUT2D eigenvalue weighted by atomic mass is 9.98. The lowest BCUT2D eigenvalue weighted by molar-refractivity contribution is -0.140. The number of benzene rings is 3. The van der Waals surface area contributed by atoms with Gasteiger partial charge in [-0.05, 0) is 60.7 Å². The number of carboxylic acids is 1. The van der Waals surface area contributed by atoms with Crippen molar-refractivity contribution in [1.82, 2.24) is 10.6 Å². The first-order valence-electron chi connectivity index (χ1n) is 12.6. The molecule has 0 aromatic heterocycles. The van der Waals surface area contributed by atoms with Gasteiger partial charge in [-0.3, -0.25) is 0 Å². The van der Waals surface area contributed by atoms with E-state index < -0.39 is 29.8 Å². The Bertz CT molecular complexity index is 1300. The molecule has 0 bridgehead atoms. The third-order valence-electron chi connectivity index (χ3n) is 6.08. The van der Waals surface area contributed by atoms with Crippen LogP contribution in [0.25, 0.3) is 11.1 Å². The molecule has 0 unspecified atom stereocenters. The molecule has 3 aromatic rings. The highest BCUT2D eigenvalue weighted by atomic mass is 16.6. The Morgan fingerprint density at radius 2 is 1.54 bits per heavy atom. The summed E-state index contributed by atoms with van der Waals surface area (Å²) < 4.78 is 16.3. The molecule has 1 aliphatic carbocycles. The molecule has 0 saturated heterocycles. The van der Waals surface area contributed by atoms with Crippen molar-refractivity contribution in [3.63, 3.8) is 0 Å². The Morgan fingerprint density at radius 3 is 2.15 bits per heavy atom. The minimum absolute atomic E-state index is 0.0692. The van der Waals surface area contributed by atoms with E-state index in [9.17, 15) is 19.5 Å². The van der Waals surface area contributed by atoms with Crippen LogP contribution in [-0.4, -0.2) is 48.1 Å². The molecule has 0 fully saturated rings. The number of rotatable bonds is 9. The van der Waals surface area contributed by atoms with Gasteiger partial charge in [-0.1, -0.05) is 60.7 Å². The molecule has 0 saturated carbocycles. The van der Waals surface area contributed by atoms with Crippen molar-refractivity contribution in [1.29, 1.82) is 0 Å². The molecule has 1 aliphatic rings. The molecule has 0 aliphatic heterocycles. The zero-order valence-corrected chi connectivity index (χ0v) is 22.1. The van der Waals surface area contributed by atoms with Gasteiger partial charge >= 0.3 is 18.2 Å². The van der Waals surface area contributed by atoms with Crippen LogP contribution in [0.15, 0.2) is 72.8 Å². The molecule has 204 valence electrons. The largest absolute Gasteiger partial charge is 0.491 e. The molecule has 0 radical (unpaired) electrons. The summed E-state index contributed by atoms with van der Waals surface area (Å²) in [4.78, 5) is 36.2. The SMILES string of the molecule is CC(C)(C)OC(=O)NCc1cccc(OC[C@H](NC(=O)OCC2c3ccccc3-c3ccccc32)C(=O)O)c1. The molecule has 9 nitrogen and oxygen atoms in total. The van der Waals surface area contributed by atoms with Gasteiger partial charge in [-0.25, -0.2) is 14.4 Å². The maximum atomic E-state index is 12.5. The number of hydrogen-bond donors (Lipinski definition) is 3. The second-order valence-electron chi connectivity index (χ2n) is 10.2. The van der Waals surface area contributed by atoms with Crippen LogP contribution in [0.5, 0.6) is 5.75 Å². The molecule has 3 N–H and O–H groups in total. The third kappa shape index (κ3) is 7.28. The quantitative estimate of drug-likeness (QED) is 0.351. The Balaban J connectivity index is 1.30. The highest BCUT2D eigenvalue weighted by Gasteiger charge is 2.30. The van der Waals surface area contributed by atoms with Crippen LogP contribution in [0.3, 0.4) is 0 Å². The Hall–Kier alpha value is -4.53. The van der Waals surface area contributed by atoms with E-state index in [2.05, 4.69) is 10.6 Å². The topological polar surface area (TPSA) is 123 Å². The lowest BCUT2D eigenvalue weighted by Crippen LogP contribution is -2.45. The third-order valence-corrected chi connectivity index (χ3v) is 6.08. The maximum Gasteiger partial charge on any atom is 0.407 e. The molecule has 4 rings (SSSR count). The number of ether oxygens (including phenoxy) is 3. The van der Waals surface area contributed by atoms with Gasteiger partial charge < -0.3 is 30.0 Å². The van der Waals surface area contributed by atoms with Crippen LogP contribution in [-0.2, 0) is 20.8 Å². The van der Waals surface area contributed by atoms with E-state index >= 15 is 0 Å². The number of fused-ring (bicyclic) bond motifs is 3. The average Bonchev–Trinajstić information content (AvgIpc) is 3.21. The van der Waals surface area contributed by atoms with E-state index in [1.807, 2.05) is 48.5 Å². The predicted molar refractivity (Wildman–Crippen MR) is 145 cm³/mol. The fourth-order valence-electron chi connectivity index (χ4n) is 4.37. The van der Waals surface area contributed by atoms with Crippen molar-refractivity contribution in [3.8, 4) is 16.9 Å². The molecule has 9 heteroatoms. The Morgan fingerprint density at radius 1 is 0.897 bits per heavy atom. The van der Waals surface area contributed by atoms with Crippen molar-refractivity contribution in [3.05, 3.63) is 89.5 Å². The van der Waals surface area contributed by atoms with Gasteiger partial charge in [-0.2, -0.15) is 0 Å². The lowest BCUT2D eigenvalue weighted by Gasteiger charge is -2.20. The second kappa shape index (κ2) is 11.9. The fraction of sp³-hybridized carbons (Fsp3) is 0.300. The van der Waals surface area contributed by atoms with Crippen molar-refractivity contribution < 1.29 is 33.7 Å². The van der Waals surface area contributed by atoms with E-state index in [0.29, 0.717) is 5.75 Å². The van der Waals surface area contributed by atoms with Gasteiger partial charge in [0, 0.05) is 12.5 Å². The predicted octanol–water partition coefficient (Wildman–Crippen LogP) is 5.08. The number of carbonyl (C=O) groups is 3. The molecular weight excluding hydrogens is 500 g/mol. The van der Waals surface area contributed by atoms with E-state index in [1.165, 1.54) is 0 Å². The summed E-state index contributed by atoms with van der Waals surface area (Å²) in [5, 5.41) is 14.7. The smallest absolute Gasteiger partial charge is 0.407 e. The average molecular weight is 533 g/mol. The number of amides is 2. The molecule has 2 amide bonds. The second-order valence-corrected chi connectivity index (χ2v) is 10.2. The highest BCUT2D eigenvalue weighted by Crippen LogP contribution is 2.44. The van der Waals surface area contributed by atoms with Gasteiger partial charge in [0.05, 0.1) is 0 Å². The van der Waals surface area contributed by atoms with E-state index in [-0.39, 0.29) is 25.7 Å². The summed E-state index contributed by atoms with van der Waals surface area (Å²) >= 11 is 0. The summed E-state index contributed by atoms with van der Waals surface area (Å²) in [6.07, 6.45) is -1.39. The van der Waals surface area contributed by atoms with Crippen molar-refractivity contribution in [2.75, 3.05) is 13.2 Å². The summed E-state index contributed by atoms with van der Waals surface area (Å²) in [7, 11) is 0. The number of carbonyl (C=O) groups excluding carboxylic acids is 2. The minimum Gasteiger partial charge on any atom is -0.491 e. The molecule has 0 heterocycles. The molecular formula is C30H32N2O7. The molecule has 3 aromatic carbocycles. The highest BCUT2D eigenvalue weighted by molar-refractivity contribution is 5.81. The monoisotopic (exact) mass is 532 g/mol. The first kappa shape index (κ1) is 27.5. The Kier molecular flexibility index (Phi) is 8.39. The zero-order valence-electron chi connectivity index (χ0n) is 22.1. The van der Waals surface area contributed by atoms with Crippen LogP contribution < -0.4 is 15.4 Å². The van der Waals surface area contributed by atoms with Crippen LogP contribution in [0.2, 0.25) is 0 Å². The Labute approximate surface area is 227 Å². The maximum absolute atomic E-state index is 12.5.